The number of aryl methyl sites for hydroxylation is 1. The molecule has 1 aliphatic heterocycles. The smallest absolute Gasteiger partial charge is 0.308 e. The van der Waals surface area contributed by atoms with Crippen molar-refractivity contribution in [2.75, 3.05) is 6.54 Å². The van der Waals surface area contributed by atoms with E-state index >= 15 is 0 Å². The molecule has 138 valence electrons. The molecule has 1 aromatic carbocycles. The first-order valence-corrected chi connectivity index (χ1v) is 8.40. The molecular weight excluding hydrogens is 341 g/mol. The summed E-state index contributed by atoms with van der Waals surface area (Å²) in [5.41, 5.74) is 0.639. The van der Waals surface area contributed by atoms with Crippen LogP contribution in [0.5, 0.6) is 0 Å². The van der Waals surface area contributed by atoms with Gasteiger partial charge in [0.15, 0.2) is 0 Å². The highest BCUT2D eigenvalue weighted by Gasteiger charge is 2.41. The number of benzene rings is 1. The fourth-order valence-corrected chi connectivity index (χ4v) is 3.46. The van der Waals surface area contributed by atoms with Crippen LogP contribution in [-0.2, 0) is 16.0 Å². The number of carboxylic acid groups (broad SMARTS) is 1. The Morgan fingerprint density at radius 1 is 1.42 bits per heavy atom. The van der Waals surface area contributed by atoms with Crippen LogP contribution >= 0.6 is 0 Å². The van der Waals surface area contributed by atoms with Gasteiger partial charge in [0.1, 0.15) is 17.7 Å². The minimum absolute atomic E-state index is 0.212. The molecule has 9 heteroatoms. The van der Waals surface area contributed by atoms with Crippen molar-refractivity contribution in [1.82, 2.24) is 25.1 Å². The maximum absolute atomic E-state index is 13.5. The van der Waals surface area contributed by atoms with E-state index in [9.17, 15) is 19.1 Å². The van der Waals surface area contributed by atoms with Gasteiger partial charge in [0, 0.05) is 19.0 Å². The number of carbonyl (C=O) groups is 2. The minimum atomic E-state index is -0.909. The van der Waals surface area contributed by atoms with Crippen LogP contribution in [-0.4, -0.2) is 54.7 Å². The molecule has 2 heterocycles. The fourth-order valence-electron chi connectivity index (χ4n) is 3.46. The van der Waals surface area contributed by atoms with Crippen molar-refractivity contribution in [2.45, 2.75) is 38.8 Å². The van der Waals surface area contributed by atoms with Crippen LogP contribution in [0.15, 0.2) is 24.3 Å². The molecule has 3 atom stereocenters. The Hall–Kier alpha value is -2.84. The van der Waals surface area contributed by atoms with Crippen LogP contribution in [0, 0.1) is 18.7 Å². The Labute approximate surface area is 149 Å². The normalized spacial score (nSPS) is 21.0. The minimum Gasteiger partial charge on any atom is -0.481 e. The number of aromatic nitrogens is 4. The quantitative estimate of drug-likeness (QED) is 0.859. The molecule has 26 heavy (non-hydrogen) atoms. The summed E-state index contributed by atoms with van der Waals surface area (Å²) in [6, 6.07) is 4.83. The number of rotatable bonds is 5. The van der Waals surface area contributed by atoms with Gasteiger partial charge in [-0.3, -0.25) is 9.59 Å². The van der Waals surface area contributed by atoms with Gasteiger partial charge in [0.25, 0.3) is 0 Å². The molecule has 1 N–H and O–H groups in total. The van der Waals surface area contributed by atoms with Gasteiger partial charge in [-0.15, -0.1) is 5.10 Å². The summed E-state index contributed by atoms with van der Waals surface area (Å²) in [5, 5.41) is 20.6. The molecule has 1 aliphatic rings. The number of hydrogen-bond acceptors (Lipinski definition) is 5. The van der Waals surface area contributed by atoms with E-state index in [1.807, 2.05) is 0 Å². The lowest BCUT2D eigenvalue weighted by molar-refractivity contribution is -0.143. The van der Waals surface area contributed by atoms with Gasteiger partial charge in [-0.25, -0.2) is 9.07 Å². The van der Waals surface area contributed by atoms with Crippen molar-refractivity contribution >= 4 is 11.9 Å². The number of tetrazole rings is 1. The van der Waals surface area contributed by atoms with E-state index in [0.717, 1.165) is 0 Å². The van der Waals surface area contributed by atoms with Crippen molar-refractivity contribution in [3.63, 3.8) is 0 Å². The van der Waals surface area contributed by atoms with Gasteiger partial charge in [-0.2, -0.15) is 0 Å². The third-order valence-corrected chi connectivity index (χ3v) is 4.91. The Morgan fingerprint density at radius 2 is 2.19 bits per heavy atom. The number of hydrogen-bond donors (Lipinski definition) is 1. The molecule has 0 aliphatic carbocycles. The Morgan fingerprint density at radius 3 is 2.77 bits per heavy atom. The van der Waals surface area contributed by atoms with Crippen molar-refractivity contribution in [3.8, 4) is 0 Å². The molecule has 8 nitrogen and oxygen atoms in total. The number of aliphatic carboxylic acids is 1. The second-order valence-corrected chi connectivity index (χ2v) is 6.53. The molecule has 3 unspecified atom stereocenters. The topological polar surface area (TPSA) is 101 Å². The van der Waals surface area contributed by atoms with Crippen molar-refractivity contribution < 1.29 is 19.1 Å². The van der Waals surface area contributed by atoms with Crippen LogP contribution in [0.3, 0.4) is 0 Å². The maximum atomic E-state index is 13.5. The number of carboxylic acids is 1. The van der Waals surface area contributed by atoms with E-state index in [1.165, 1.54) is 16.8 Å². The van der Waals surface area contributed by atoms with Crippen molar-refractivity contribution in [1.29, 1.82) is 0 Å². The van der Waals surface area contributed by atoms with Gasteiger partial charge in [-0.1, -0.05) is 12.1 Å². The monoisotopic (exact) mass is 361 g/mol. The summed E-state index contributed by atoms with van der Waals surface area (Å²) >= 11 is 0. The van der Waals surface area contributed by atoms with Gasteiger partial charge in [0.2, 0.25) is 5.91 Å². The van der Waals surface area contributed by atoms with Gasteiger partial charge in [-0.05, 0) is 48.4 Å². The van der Waals surface area contributed by atoms with Crippen LogP contribution in [0.1, 0.15) is 30.8 Å². The average Bonchev–Trinajstić information content (AvgIpc) is 3.18. The Bertz CT molecular complexity index is 824. The molecule has 1 saturated heterocycles. The number of nitrogens with zero attached hydrogens (tertiary/aromatic N) is 5. The molecule has 1 aromatic heterocycles. The standard InChI is InChI=1S/C17H20FN5O3/c1-10-14(17(25)26)6-7-22(10)16(24)15(23-11(2)19-20-21-23)9-12-4-3-5-13(18)8-12/h3-5,8,10,14-15H,6-7,9H2,1-2H3,(H,25,26). The second-order valence-electron chi connectivity index (χ2n) is 6.53. The summed E-state index contributed by atoms with van der Waals surface area (Å²) in [6.07, 6.45) is 0.618. The van der Waals surface area contributed by atoms with E-state index in [4.69, 9.17) is 0 Å². The van der Waals surface area contributed by atoms with Crippen molar-refractivity contribution in [2.24, 2.45) is 5.92 Å². The lowest BCUT2D eigenvalue weighted by Gasteiger charge is -2.28. The number of likely N-dealkylation sites (tertiary alicyclic amines) is 1. The molecule has 0 saturated carbocycles. The van der Waals surface area contributed by atoms with Gasteiger partial charge >= 0.3 is 5.97 Å². The summed E-state index contributed by atoms with van der Waals surface area (Å²) in [4.78, 5) is 26.1. The first-order chi connectivity index (χ1) is 12.4. The molecule has 1 fully saturated rings. The molecule has 3 rings (SSSR count). The number of amides is 1. The highest BCUT2D eigenvalue weighted by atomic mass is 19.1. The van der Waals surface area contributed by atoms with Gasteiger partial charge < -0.3 is 10.0 Å². The second kappa shape index (κ2) is 7.19. The summed E-state index contributed by atoms with van der Waals surface area (Å²) in [5.74, 6) is -1.69. The summed E-state index contributed by atoms with van der Waals surface area (Å²) in [6.45, 7) is 3.77. The first-order valence-electron chi connectivity index (χ1n) is 8.40. The predicted octanol–water partition coefficient (Wildman–Crippen LogP) is 1.23. The molecule has 0 radical (unpaired) electrons. The third-order valence-electron chi connectivity index (χ3n) is 4.91. The highest BCUT2D eigenvalue weighted by Crippen LogP contribution is 2.28. The number of halogens is 1. The zero-order valence-corrected chi connectivity index (χ0v) is 14.5. The van der Waals surface area contributed by atoms with E-state index < -0.39 is 24.0 Å². The van der Waals surface area contributed by atoms with E-state index in [1.54, 1.807) is 30.9 Å². The third kappa shape index (κ3) is 3.42. The molecule has 1 amide bonds. The Balaban J connectivity index is 1.90. The highest BCUT2D eigenvalue weighted by molar-refractivity contribution is 5.83. The zero-order chi connectivity index (χ0) is 18.8. The maximum Gasteiger partial charge on any atom is 0.308 e. The lowest BCUT2D eigenvalue weighted by Crippen LogP contribution is -2.43. The summed E-state index contributed by atoms with van der Waals surface area (Å²) in [7, 11) is 0. The number of carbonyl (C=O) groups excluding carboxylic acids is 1. The van der Waals surface area contributed by atoms with E-state index in [-0.39, 0.29) is 18.1 Å². The first kappa shape index (κ1) is 18.0. The van der Waals surface area contributed by atoms with Crippen LogP contribution in [0.25, 0.3) is 0 Å². The van der Waals surface area contributed by atoms with Crippen LogP contribution < -0.4 is 0 Å². The molecular formula is C17H20FN5O3. The van der Waals surface area contributed by atoms with E-state index in [0.29, 0.717) is 24.4 Å². The van der Waals surface area contributed by atoms with E-state index in [2.05, 4.69) is 15.5 Å². The fraction of sp³-hybridized carbons (Fsp3) is 0.471. The molecule has 0 spiro atoms. The van der Waals surface area contributed by atoms with Crippen LogP contribution in [0.4, 0.5) is 4.39 Å². The van der Waals surface area contributed by atoms with Gasteiger partial charge in [0.05, 0.1) is 5.92 Å². The average molecular weight is 361 g/mol. The predicted molar refractivity (Wildman–Crippen MR) is 88.6 cm³/mol. The van der Waals surface area contributed by atoms with Crippen molar-refractivity contribution in [3.05, 3.63) is 41.5 Å². The Kier molecular flexibility index (Phi) is 4.97. The molecule has 0 bridgehead atoms. The van der Waals surface area contributed by atoms with Crippen LogP contribution in [0.2, 0.25) is 0 Å². The summed E-state index contributed by atoms with van der Waals surface area (Å²) < 4.78 is 14.9. The zero-order valence-electron chi connectivity index (χ0n) is 14.5. The SMILES string of the molecule is Cc1nnnn1C(Cc1cccc(F)c1)C(=O)N1CCC(C(=O)O)C1C. The lowest BCUT2D eigenvalue weighted by atomic mass is 10.0. The molecule has 2 aromatic rings. The largest absolute Gasteiger partial charge is 0.481 e.